The molecular weight excluding hydrogens is 847 g/mol. The van der Waals surface area contributed by atoms with Gasteiger partial charge in [0.05, 0.1) is 24.4 Å². The van der Waals surface area contributed by atoms with Gasteiger partial charge in [0.15, 0.2) is 5.78 Å². The number of hydrogen-bond acceptors (Lipinski definition) is 13. The third-order valence-corrected chi connectivity index (χ3v) is 14.7. The van der Waals surface area contributed by atoms with E-state index in [2.05, 4.69) is 0 Å². The number of methoxy groups -OCH3 is 4. The van der Waals surface area contributed by atoms with Crippen LogP contribution in [0.15, 0.2) is 47.6 Å². The normalized spacial score (nSPS) is 40.0. The predicted molar refractivity (Wildman–Crippen MR) is 250 cm³/mol. The summed E-state index contributed by atoms with van der Waals surface area (Å²) in [5, 5.41) is 22.5. The minimum atomic E-state index is -2.42. The SMILES string of the molecule is COC1C(=O)[C@H](C)C[C@H](C)/C=C/C=C/C=C(\C)[C@@H](OC)C[C@@H]2CC[C@@H](C)[C@@](O)(O2)C(=O)C(=O)N2CCCC[C@H]2C(=O)O[C@H]([C@H](C)C[C@@H]2CC[C@@H](O)[C@H](OC)C2)CC(=O)[C@H](C)/C=C(\C)[C@H]1OC. The third-order valence-electron chi connectivity index (χ3n) is 14.7. The number of aliphatic hydroxyl groups excluding tert-OH is 1. The van der Waals surface area contributed by atoms with Gasteiger partial charge in [-0.15, -0.1) is 0 Å². The van der Waals surface area contributed by atoms with Crippen molar-refractivity contribution >= 4 is 29.2 Å². The molecule has 1 unspecified atom stereocenters. The van der Waals surface area contributed by atoms with E-state index in [0.717, 1.165) is 12.0 Å². The number of ether oxygens (including phenoxy) is 6. The van der Waals surface area contributed by atoms with Gasteiger partial charge in [0.2, 0.25) is 5.79 Å². The van der Waals surface area contributed by atoms with Crippen molar-refractivity contribution in [2.75, 3.05) is 35.0 Å². The molecule has 2 N–H and O–H groups in total. The van der Waals surface area contributed by atoms with Crippen LogP contribution in [0.3, 0.4) is 0 Å². The Labute approximate surface area is 393 Å². The van der Waals surface area contributed by atoms with Crippen LogP contribution in [0.25, 0.3) is 0 Å². The van der Waals surface area contributed by atoms with E-state index >= 15 is 0 Å². The average molecular weight is 928 g/mol. The lowest BCUT2D eigenvalue weighted by Gasteiger charge is -2.42. The number of hydrogen-bond donors (Lipinski definition) is 2. The zero-order chi connectivity index (χ0) is 48.9. The number of amides is 1. The summed E-state index contributed by atoms with van der Waals surface area (Å²) in [5.74, 6) is -7.45. The molecule has 0 radical (unpaired) electrons. The maximum atomic E-state index is 14.4. The van der Waals surface area contributed by atoms with Crippen LogP contribution >= 0.6 is 0 Å². The molecule has 15 atom stereocenters. The second-order valence-corrected chi connectivity index (χ2v) is 19.8. The number of cyclic esters (lactones) is 1. The zero-order valence-electron chi connectivity index (χ0n) is 41.6. The molecular formula is C52H81NO13. The lowest BCUT2D eigenvalue weighted by Crippen LogP contribution is -2.61. The summed E-state index contributed by atoms with van der Waals surface area (Å²) in [6, 6.07) is -1.12. The van der Waals surface area contributed by atoms with Gasteiger partial charge in [0, 0.05) is 65.6 Å². The Kier molecular flexibility index (Phi) is 21.6. The standard InChI is InChI=1S/C52H81NO13/c1-31-17-13-12-14-18-32(2)43(61-8)29-39-22-20-37(7)52(60,66-39)49(57)50(58)53-24-16-15-19-40(53)51(59)65-44(34(4)27-38-21-23-41(54)45(28-38)62-9)30-42(55)33(3)26-36(6)47(63-10)48(64-11)46(56)35(5)25-31/h12-14,17-18,26,31,33-35,37-41,43-45,47-48,54,60H,15-16,19-25,27-30H2,1-11H3/b14-12+,17-13+,32-18+,36-26+/t31-,33-,34-,35-,37-,38+,39+,40+,41-,43+,44+,45-,47-,48?,52-/m1/s1. The molecule has 372 valence electrons. The van der Waals surface area contributed by atoms with Gasteiger partial charge in [-0.05, 0) is 107 Å². The average Bonchev–Trinajstić information content (AvgIpc) is 3.29. The molecule has 0 spiro atoms. The molecule has 4 rings (SSSR count). The second kappa shape index (κ2) is 25.8. The number of nitrogens with zero attached hydrogens (tertiary/aromatic N) is 1. The largest absolute Gasteiger partial charge is 0.460 e. The number of carbonyl (C=O) groups excluding carboxylic acids is 5. The van der Waals surface area contributed by atoms with Gasteiger partial charge in [0.1, 0.15) is 30.1 Å². The lowest BCUT2D eigenvalue weighted by atomic mass is 9.78. The van der Waals surface area contributed by atoms with E-state index in [1.165, 1.54) is 19.1 Å². The molecule has 14 heteroatoms. The van der Waals surface area contributed by atoms with E-state index in [9.17, 15) is 34.2 Å². The summed E-state index contributed by atoms with van der Waals surface area (Å²) in [5.41, 5.74) is 1.54. The van der Waals surface area contributed by atoms with Crippen LogP contribution < -0.4 is 0 Å². The summed E-state index contributed by atoms with van der Waals surface area (Å²) in [7, 11) is 6.15. The van der Waals surface area contributed by atoms with E-state index in [0.29, 0.717) is 63.4 Å². The number of carbonyl (C=O) groups is 5. The molecule has 14 nitrogen and oxygen atoms in total. The molecule has 3 aliphatic heterocycles. The smallest absolute Gasteiger partial charge is 0.329 e. The fourth-order valence-corrected chi connectivity index (χ4v) is 10.4. The molecule has 0 aromatic heterocycles. The van der Waals surface area contributed by atoms with Crippen molar-refractivity contribution in [3.8, 4) is 0 Å². The van der Waals surface area contributed by atoms with Gasteiger partial charge < -0.3 is 43.5 Å². The summed E-state index contributed by atoms with van der Waals surface area (Å²) in [4.78, 5) is 72.3. The number of allylic oxidation sites excluding steroid dienone is 6. The van der Waals surface area contributed by atoms with Gasteiger partial charge in [0.25, 0.3) is 11.7 Å². The van der Waals surface area contributed by atoms with E-state index in [1.54, 1.807) is 41.1 Å². The van der Waals surface area contributed by atoms with Crippen LogP contribution in [0.4, 0.5) is 0 Å². The van der Waals surface area contributed by atoms with E-state index < -0.39 is 77.9 Å². The van der Waals surface area contributed by atoms with Crippen LogP contribution in [0.2, 0.25) is 0 Å². The molecule has 0 aromatic rings. The molecule has 3 fully saturated rings. The molecule has 2 bridgehead atoms. The maximum Gasteiger partial charge on any atom is 0.329 e. The minimum absolute atomic E-state index is 0.0599. The first-order valence-corrected chi connectivity index (χ1v) is 24.3. The summed E-state index contributed by atoms with van der Waals surface area (Å²) < 4.78 is 35.5. The third kappa shape index (κ3) is 14.3. The Morgan fingerprint density at radius 2 is 1.53 bits per heavy atom. The number of fused-ring (bicyclic) bond motifs is 3. The Morgan fingerprint density at radius 1 is 0.818 bits per heavy atom. The molecule has 2 saturated heterocycles. The van der Waals surface area contributed by atoms with Crippen molar-refractivity contribution in [2.45, 2.75) is 180 Å². The van der Waals surface area contributed by atoms with Crippen molar-refractivity contribution in [1.29, 1.82) is 0 Å². The van der Waals surface area contributed by atoms with Crippen molar-refractivity contribution in [1.82, 2.24) is 4.90 Å². The first-order chi connectivity index (χ1) is 31.3. The van der Waals surface area contributed by atoms with E-state index in [1.807, 2.05) is 58.1 Å². The van der Waals surface area contributed by atoms with Gasteiger partial charge in [-0.1, -0.05) is 71.1 Å². The molecule has 1 saturated carbocycles. The number of aliphatic hydroxyl groups is 2. The highest BCUT2D eigenvalue weighted by molar-refractivity contribution is 6.39. The van der Waals surface area contributed by atoms with Gasteiger partial charge in [-0.3, -0.25) is 19.2 Å². The van der Waals surface area contributed by atoms with Crippen LogP contribution in [0.5, 0.6) is 0 Å². The topological polar surface area (TPSA) is 184 Å². The molecule has 1 amide bonds. The van der Waals surface area contributed by atoms with Crippen LogP contribution in [0.1, 0.15) is 126 Å². The Balaban J connectivity index is 1.72. The van der Waals surface area contributed by atoms with E-state index in [4.69, 9.17) is 28.4 Å². The molecule has 1 aliphatic carbocycles. The summed E-state index contributed by atoms with van der Waals surface area (Å²) in [6.45, 7) is 13.1. The van der Waals surface area contributed by atoms with Crippen LogP contribution in [0, 0.1) is 35.5 Å². The molecule has 66 heavy (non-hydrogen) atoms. The fraction of sp³-hybridized carbons (Fsp3) is 0.750. The van der Waals surface area contributed by atoms with Crippen LogP contribution in [-0.2, 0) is 52.4 Å². The molecule has 3 heterocycles. The fourth-order valence-electron chi connectivity index (χ4n) is 10.4. The molecule has 0 aromatic carbocycles. The van der Waals surface area contributed by atoms with Crippen molar-refractivity contribution in [3.63, 3.8) is 0 Å². The summed E-state index contributed by atoms with van der Waals surface area (Å²) in [6.07, 6.45) is 12.6. The Morgan fingerprint density at radius 3 is 2.20 bits per heavy atom. The van der Waals surface area contributed by atoms with E-state index in [-0.39, 0.29) is 60.7 Å². The number of piperidine rings is 1. The Hall–Kier alpha value is -3.37. The second-order valence-electron chi connectivity index (χ2n) is 19.8. The summed E-state index contributed by atoms with van der Waals surface area (Å²) >= 11 is 0. The predicted octanol–water partition coefficient (Wildman–Crippen LogP) is 6.83. The minimum Gasteiger partial charge on any atom is -0.460 e. The van der Waals surface area contributed by atoms with Gasteiger partial charge >= 0.3 is 5.97 Å². The zero-order valence-corrected chi connectivity index (χ0v) is 41.6. The number of esters is 1. The quantitative estimate of drug-likeness (QED) is 0.154. The monoisotopic (exact) mass is 928 g/mol. The molecule has 4 aliphatic rings. The van der Waals surface area contributed by atoms with Crippen molar-refractivity contribution in [2.24, 2.45) is 35.5 Å². The first kappa shape index (κ1) is 55.2. The first-order valence-electron chi connectivity index (χ1n) is 24.3. The van der Waals surface area contributed by atoms with Crippen molar-refractivity contribution < 1.29 is 62.6 Å². The van der Waals surface area contributed by atoms with Crippen molar-refractivity contribution in [3.05, 3.63) is 47.6 Å². The highest BCUT2D eigenvalue weighted by Crippen LogP contribution is 2.38. The number of rotatable bonds is 7. The Bertz CT molecular complexity index is 1770. The highest BCUT2D eigenvalue weighted by atomic mass is 16.6. The van der Waals surface area contributed by atoms with Gasteiger partial charge in [-0.2, -0.15) is 0 Å². The maximum absolute atomic E-state index is 14.4. The number of Topliss-reactive ketones (excluding diaryl/α,β-unsaturated/α-hetero) is 3. The van der Waals surface area contributed by atoms with Gasteiger partial charge in [-0.25, -0.2) is 4.79 Å². The lowest BCUT2D eigenvalue weighted by molar-refractivity contribution is -0.265. The highest BCUT2D eigenvalue weighted by Gasteiger charge is 2.53. The number of ketones is 3. The van der Waals surface area contributed by atoms with Crippen LogP contribution in [-0.4, -0.2) is 134 Å².